The number of likely N-dealkylation sites (tertiary alicyclic amines) is 2. The lowest BCUT2D eigenvalue weighted by Crippen LogP contribution is -2.46. The summed E-state index contributed by atoms with van der Waals surface area (Å²) in [5.41, 5.74) is 7.77. The minimum Gasteiger partial charge on any atom is -0.388 e. The lowest BCUT2D eigenvalue weighted by molar-refractivity contribution is 0.00901. The average Bonchev–Trinajstić information content (AvgIpc) is 3.50. The van der Waals surface area contributed by atoms with Crippen LogP contribution in [0.1, 0.15) is 54.5 Å². The molecule has 5 heterocycles. The number of piperidine rings is 1. The van der Waals surface area contributed by atoms with E-state index in [-0.39, 0.29) is 5.92 Å². The van der Waals surface area contributed by atoms with Gasteiger partial charge in [-0.05, 0) is 105 Å². The Balaban J connectivity index is 1.07. The zero-order valence-corrected chi connectivity index (χ0v) is 29.6. The summed E-state index contributed by atoms with van der Waals surface area (Å²) in [6, 6.07) is 19.0. The van der Waals surface area contributed by atoms with Gasteiger partial charge >= 0.3 is 0 Å². The maximum Gasteiger partial charge on any atom is 0.249 e. The predicted molar refractivity (Wildman–Crippen MR) is 197 cm³/mol. The number of benzene rings is 2. The average molecular weight is 678 g/mol. The van der Waals surface area contributed by atoms with Crippen LogP contribution in [0.4, 0.5) is 0 Å². The predicted octanol–water partition coefficient (Wildman–Crippen LogP) is 5.73. The van der Waals surface area contributed by atoms with Crippen molar-refractivity contribution in [2.45, 2.75) is 56.0 Å². The second-order valence-electron chi connectivity index (χ2n) is 15.0. The Hall–Kier alpha value is -3.60. The summed E-state index contributed by atoms with van der Waals surface area (Å²) in [6.45, 7) is 7.99. The van der Waals surface area contributed by atoms with E-state index in [1.54, 1.807) is 12.4 Å². The van der Waals surface area contributed by atoms with Crippen LogP contribution in [0.5, 0.6) is 0 Å². The molecule has 2 saturated heterocycles. The van der Waals surface area contributed by atoms with Crippen molar-refractivity contribution < 1.29 is 13.5 Å². The SMILES string of the molecule is CN1CCC(N2CCc3cc(C4=CC(C)(S(=O)(=O)n5cc(-c6ccc(C(O)C7CN(C)C7)cc6)c6cccnc65)CC=C4)ccc3C2)CC1. The molecule has 9 heteroatoms. The van der Waals surface area contributed by atoms with Crippen molar-refractivity contribution in [3.63, 3.8) is 0 Å². The fourth-order valence-corrected chi connectivity index (χ4v) is 10.0. The molecule has 2 fully saturated rings. The summed E-state index contributed by atoms with van der Waals surface area (Å²) in [6.07, 6.45) is 12.7. The summed E-state index contributed by atoms with van der Waals surface area (Å²) in [4.78, 5) is 11.9. The Kier molecular flexibility index (Phi) is 8.40. The standard InChI is InChI=1S/C40H47N5O3S/c1-40(17-4-6-32(23-40)30-12-13-33-26-44(21-14-31(33)22-30)35-15-19-42(2)20-16-35)49(47,48)45-27-37(36-7-5-18-41-39(36)45)28-8-10-29(11-9-28)38(46)34-24-43(3)25-34/h4-13,18,22-23,27,34-35,38,46H,14-17,19-21,24-26H2,1-3H3. The van der Waals surface area contributed by atoms with E-state index in [1.165, 1.54) is 41.0 Å². The number of allylic oxidation sites excluding steroid dienone is 3. The van der Waals surface area contributed by atoms with E-state index in [0.29, 0.717) is 18.1 Å². The lowest BCUT2D eigenvalue weighted by atomic mass is 9.89. The fraction of sp³-hybridized carbons (Fsp3) is 0.425. The van der Waals surface area contributed by atoms with Gasteiger partial charge in [0.1, 0.15) is 4.75 Å². The fourth-order valence-electron chi connectivity index (χ4n) is 8.39. The van der Waals surface area contributed by atoms with Crippen LogP contribution < -0.4 is 0 Å². The Morgan fingerprint density at radius 3 is 2.45 bits per heavy atom. The highest BCUT2D eigenvalue weighted by Crippen LogP contribution is 2.39. The monoisotopic (exact) mass is 677 g/mol. The van der Waals surface area contributed by atoms with Gasteiger partial charge in [-0.3, -0.25) is 4.90 Å². The molecule has 1 N–H and O–H groups in total. The molecule has 0 bridgehead atoms. The van der Waals surface area contributed by atoms with Crippen LogP contribution in [0.2, 0.25) is 0 Å². The van der Waals surface area contributed by atoms with Crippen molar-refractivity contribution in [3.05, 3.63) is 107 Å². The van der Waals surface area contributed by atoms with Gasteiger partial charge in [0.2, 0.25) is 10.0 Å². The van der Waals surface area contributed by atoms with Crippen LogP contribution in [0.25, 0.3) is 27.7 Å². The molecule has 2 unspecified atom stereocenters. The molecule has 3 aliphatic heterocycles. The summed E-state index contributed by atoms with van der Waals surface area (Å²) < 4.78 is 29.6. The third kappa shape index (κ3) is 5.89. The second-order valence-corrected chi connectivity index (χ2v) is 17.3. The molecule has 2 aromatic carbocycles. The number of pyridine rings is 1. The summed E-state index contributed by atoms with van der Waals surface area (Å²) in [7, 11) is 0.352. The van der Waals surface area contributed by atoms with Gasteiger partial charge in [-0.1, -0.05) is 60.7 Å². The van der Waals surface area contributed by atoms with Gasteiger partial charge in [0.15, 0.2) is 5.65 Å². The molecule has 1 aliphatic carbocycles. The molecule has 8 rings (SSSR count). The third-order valence-corrected chi connectivity index (χ3v) is 13.8. The van der Waals surface area contributed by atoms with Crippen molar-refractivity contribution >= 4 is 26.6 Å². The Morgan fingerprint density at radius 1 is 0.939 bits per heavy atom. The number of nitrogens with zero attached hydrogens (tertiary/aromatic N) is 5. The van der Waals surface area contributed by atoms with Gasteiger partial charge in [-0.2, -0.15) is 0 Å². The molecule has 49 heavy (non-hydrogen) atoms. The van der Waals surface area contributed by atoms with Crippen LogP contribution >= 0.6 is 0 Å². The van der Waals surface area contributed by atoms with Crippen LogP contribution in [0.3, 0.4) is 0 Å². The zero-order chi connectivity index (χ0) is 33.9. The number of fused-ring (bicyclic) bond motifs is 2. The van der Waals surface area contributed by atoms with E-state index < -0.39 is 20.9 Å². The quantitative estimate of drug-likeness (QED) is 0.268. The van der Waals surface area contributed by atoms with Crippen molar-refractivity contribution in [1.29, 1.82) is 0 Å². The lowest BCUT2D eigenvalue weighted by Gasteiger charge is -2.40. The highest BCUT2D eigenvalue weighted by molar-refractivity contribution is 7.91. The number of hydrogen-bond acceptors (Lipinski definition) is 7. The molecule has 0 saturated carbocycles. The number of aromatic nitrogens is 2. The van der Waals surface area contributed by atoms with Gasteiger partial charge in [0.05, 0.1) is 6.10 Å². The molecule has 0 amide bonds. The van der Waals surface area contributed by atoms with Crippen molar-refractivity contribution in [2.75, 3.05) is 46.8 Å². The largest absolute Gasteiger partial charge is 0.388 e. The van der Waals surface area contributed by atoms with Gasteiger partial charge in [-0.15, -0.1) is 0 Å². The van der Waals surface area contributed by atoms with E-state index >= 15 is 0 Å². The van der Waals surface area contributed by atoms with Gasteiger partial charge < -0.3 is 14.9 Å². The maximum absolute atomic E-state index is 14.7. The van der Waals surface area contributed by atoms with E-state index in [0.717, 1.165) is 65.8 Å². The molecule has 2 atom stereocenters. The van der Waals surface area contributed by atoms with Crippen LogP contribution in [0.15, 0.2) is 85.2 Å². The molecular weight excluding hydrogens is 631 g/mol. The van der Waals surface area contributed by atoms with Crippen LogP contribution in [-0.4, -0.2) is 94.8 Å². The highest BCUT2D eigenvalue weighted by Gasteiger charge is 2.41. The topological polar surface area (TPSA) is 81.9 Å². The molecule has 4 aliphatic rings. The summed E-state index contributed by atoms with van der Waals surface area (Å²) in [5.74, 6) is 0.232. The summed E-state index contributed by atoms with van der Waals surface area (Å²) in [5, 5.41) is 11.7. The van der Waals surface area contributed by atoms with Crippen LogP contribution in [0, 0.1) is 5.92 Å². The number of hydrogen-bond donors (Lipinski definition) is 1. The Morgan fingerprint density at radius 2 is 1.69 bits per heavy atom. The zero-order valence-electron chi connectivity index (χ0n) is 28.8. The van der Waals surface area contributed by atoms with E-state index in [9.17, 15) is 13.5 Å². The first kappa shape index (κ1) is 32.6. The van der Waals surface area contributed by atoms with E-state index in [1.807, 2.05) is 55.5 Å². The van der Waals surface area contributed by atoms with E-state index in [2.05, 4.69) is 58.1 Å². The van der Waals surface area contributed by atoms with E-state index in [4.69, 9.17) is 0 Å². The van der Waals surface area contributed by atoms with Crippen molar-refractivity contribution in [1.82, 2.24) is 23.7 Å². The number of aliphatic hydroxyl groups is 1. The van der Waals surface area contributed by atoms with Gasteiger partial charge in [0.25, 0.3) is 0 Å². The second kappa shape index (κ2) is 12.6. The van der Waals surface area contributed by atoms with Crippen molar-refractivity contribution in [2.24, 2.45) is 5.92 Å². The Labute approximate surface area is 290 Å². The molecular formula is C40H47N5O3S. The minimum absolute atomic E-state index is 0.232. The Bertz CT molecular complexity index is 2040. The normalized spacial score (nSPS) is 23.7. The third-order valence-electron chi connectivity index (χ3n) is 11.5. The van der Waals surface area contributed by atoms with Gasteiger partial charge in [-0.25, -0.2) is 17.4 Å². The highest BCUT2D eigenvalue weighted by atomic mass is 32.2. The molecule has 256 valence electrons. The summed E-state index contributed by atoms with van der Waals surface area (Å²) >= 11 is 0. The molecule has 8 nitrogen and oxygen atoms in total. The maximum atomic E-state index is 14.7. The first-order valence-corrected chi connectivity index (χ1v) is 19.2. The molecule has 0 radical (unpaired) electrons. The van der Waals surface area contributed by atoms with Gasteiger partial charge in [0, 0.05) is 61.5 Å². The number of rotatable bonds is 7. The first-order chi connectivity index (χ1) is 23.6. The van der Waals surface area contributed by atoms with Crippen LogP contribution in [-0.2, 0) is 23.0 Å². The molecule has 0 spiro atoms. The molecule has 4 aromatic rings. The minimum atomic E-state index is -3.92. The smallest absolute Gasteiger partial charge is 0.249 e. The number of aliphatic hydroxyl groups excluding tert-OH is 1. The molecule has 2 aromatic heterocycles. The first-order valence-electron chi connectivity index (χ1n) is 17.7. The van der Waals surface area contributed by atoms with Crippen molar-refractivity contribution in [3.8, 4) is 11.1 Å².